The minimum absolute atomic E-state index is 0.194. The third-order valence-corrected chi connectivity index (χ3v) is 7.38. The first kappa shape index (κ1) is 32.0. The van der Waals surface area contributed by atoms with E-state index in [9.17, 15) is 4.79 Å². The molecule has 4 nitrogen and oxygen atoms in total. The summed E-state index contributed by atoms with van der Waals surface area (Å²) in [5.41, 5.74) is 2.36. The molecule has 0 unspecified atom stereocenters. The van der Waals surface area contributed by atoms with Gasteiger partial charge in [-0.1, -0.05) is 147 Å². The first-order valence-corrected chi connectivity index (χ1v) is 15.8. The highest BCUT2D eigenvalue weighted by atomic mass is 16.5. The van der Waals surface area contributed by atoms with E-state index in [2.05, 4.69) is 48.1 Å². The van der Waals surface area contributed by atoms with E-state index in [1.807, 2.05) is 0 Å². The van der Waals surface area contributed by atoms with Gasteiger partial charge in [0, 0.05) is 12.0 Å². The van der Waals surface area contributed by atoms with Crippen LogP contribution in [0.25, 0.3) is 11.4 Å². The Morgan fingerprint density at radius 1 is 0.605 bits per heavy atom. The molecule has 0 aliphatic heterocycles. The molecule has 0 saturated carbocycles. The SMILES string of the molecule is CCCCCCCCCCCCc1ccc(-c2ncc(OC(=O)CCCCCCCCCCC)cn2)cc1. The summed E-state index contributed by atoms with van der Waals surface area (Å²) in [5, 5.41) is 0. The molecule has 0 saturated heterocycles. The number of hydrogen-bond donors (Lipinski definition) is 0. The van der Waals surface area contributed by atoms with Crippen molar-refractivity contribution < 1.29 is 9.53 Å². The lowest BCUT2D eigenvalue weighted by molar-refractivity contribution is -0.134. The first-order valence-electron chi connectivity index (χ1n) is 15.8. The van der Waals surface area contributed by atoms with E-state index in [0.29, 0.717) is 18.0 Å². The largest absolute Gasteiger partial charge is 0.423 e. The molecule has 212 valence electrons. The standard InChI is InChI=1S/C34H54N2O2/c1-3-5-7-9-11-13-15-16-18-20-22-30-24-26-31(27-25-30)34-35-28-32(29-36-34)38-33(37)23-21-19-17-14-12-10-8-6-4-2/h24-29H,3-23H2,1-2H3. The van der Waals surface area contributed by atoms with Crippen LogP contribution >= 0.6 is 0 Å². The molecule has 0 atom stereocenters. The molecule has 0 bridgehead atoms. The number of esters is 1. The predicted molar refractivity (Wildman–Crippen MR) is 160 cm³/mol. The van der Waals surface area contributed by atoms with Crippen molar-refractivity contribution in [3.63, 3.8) is 0 Å². The topological polar surface area (TPSA) is 52.1 Å². The van der Waals surface area contributed by atoms with Gasteiger partial charge in [-0.25, -0.2) is 9.97 Å². The summed E-state index contributed by atoms with van der Waals surface area (Å²) < 4.78 is 5.43. The van der Waals surface area contributed by atoms with E-state index in [1.54, 1.807) is 12.4 Å². The summed E-state index contributed by atoms with van der Waals surface area (Å²) in [7, 11) is 0. The smallest absolute Gasteiger partial charge is 0.311 e. The summed E-state index contributed by atoms with van der Waals surface area (Å²) >= 11 is 0. The molecule has 1 aromatic heterocycles. The lowest BCUT2D eigenvalue weighted by Gasteiger charge is -2.06. The number of hydrogen-bond acceptors (Lipinski definition) is 4. The second kappa shape index (κ2) is 21.7. The van der Waals surface area contributed by atoms with E-state index < -0.39 is 0 Å². The molecule has 38 heavy (non-hydrogen) atoms. The lowest BCUT2D eigenvalue weighted by atomic mass is 10.0. The highest BCUT2D eigenvalue weighted by molar-refractivity contribution is 5.72. The predicted octanol–water partition coefficient (Wildman–Crippen LogP) is 10.4. The van der Waals surface area contributed by atoms with Gasteiger partial charge in [0.15, 0.2) is 11.6 Å². The minimum atomic E-state index is -0.194. The van der Waals surface area contributed by atoms with Gasteiger partial charge < -0.3 is 4.74 Å². The molecule has 1 heterocycles. The number of rotatable bonds is 23. The normalized spacial score (nSPS) is 11.1. The van der Waals surface area contributed by atoms with Crippen molar-refractivity contribution in [1.82, 2.24) is 9.97 Å². The monoisotopic (exact) mass is 522 g/mol. The molecule has 2 rings (SSSR count). The van der Waals surface area contributed by atoms with Crippen molar-refractivity contribution in [3.8, 4) is 17.1 Å². The van der Waals surface area contributed by atoms with Crippen LogP contribution in [0, 0.1) is 0 Å². The van der Waals surface area contributed by atoms with Crippen molar-refractivity contribution in [1.29, 1.82) is 0 Å². The molecule has 2 aromatic rings. The molecule has 1 aromatic carbocycles. The minimum Gasteiger partial charge on any atom is -0.423 e. The Balaban J connectivity index is 1.57. The average molecular weight is 523 g/mol. The van der Waals surface area contributed by atoms with E-state index >= 15 is 0 Å². The summed E-state index contributed by atoms with van der Waals surface area (Å²) in [5.74, 6) is 0.891. The Bertz CT molecular complexity index is 833. The number of carbonyl (C=O) groups excluding carboxylic acids is 1. The van der Waals surface area contributed by atoms with Gasteiger partial charge in [-0.05, 0) is 24.8 Å². The molecular weight excluding hydrogens is 468 g/mol. The van der Waals surface area contributed by atoms with Crippen LogP contribution in [-0.4, -0.2) is 15.9 Å². The molecule has 0 spiro atoms. The zero-order chi connectivity index (χ0) is 27.1. The van der Waals surface area contributed by atoms with Gasteiger partial charge in [-0.15, -0.1) is 0 Å². The van der Waals surface area contributed by atoms with Crippen molar-refractivity contribution >= 4 is 5.97 Å². The van der Waals surface area contributed by atoms with Crippen LogP contribution in [0.5, 0.6) is 5.75 Å². The molecule has 0 amide bonds. The third-order valence-electron chi connectivity index (χ3n) is 7.38. The quantitative estimate of drug-likeness (QED) is 0.108. The highest BCUT2D eigenvalue weighted by Gasteiger charge is 2.07. The highest BCUT2D eigenvalue weighted by Crippen LogP contribution is 2.19. The second-order valence-corrected chi connectivity index (χ2v) is 10.9. The third kappa shape index (κ3) is 15.2. The van der Waals surface area contributed by atoms with Gasteiger partial charge in [-0.3, -0.25) is 4.79 Å². The molecular formula is C34H54N2O2. The summed E-state index contributed by atoms with van der Waals surface area (Å²) in [6.07, 6.45) is 29.6. The van der Waals surface area contributed by atoms with Gasteiger partial charge in [0.1, 0.15) is 0 Å². The lowest BCUT2D eigenvalue weighted by Crippen LogP contribution is -2.08. The summed E-state index contributed by atoms with van der Waals surface area (Å²) in [4.78, 5) is 21.0. The zero-order valence-corrected chi connectivity index (χ0v) is 24.5. The number of aromatic nitrogens is 2. The maximum atomic E-state index is 12.1. The Morgan fingerprint density at radius 3 is 1.55 bits per heavy atom. The van der Waals surface area contributed by atoms with Gasteiger partial charge in [0.25, 0.3) is 0 Å². The maximum absolute atomic E-state index is 12.1. The molecule has 0 fully saturated rings. The van der Waals surface area contributed by atoms with Crippen LogP contribution in [0.1, 0.15) is 148 Å². The van der Waals surface area contributed by atoms with Crippen LogP contribution in [0.3, 0.4) is 0 Å². The van der Waals surface area contributed by atoms with Crippen molar-refractivity contribution in [2.75, 3.05) is 0 Å². The van der Waals surface area contributed by atoms with Gasteiger partial charge in [0.05, 0.1) is 12.4 Å². The zero-order valence-electron chi connectivity index (χ0n) is 24.5. The van der Waals surface area contributed by atoms with Gasteiger partial charge in [-0.2, -0.15) is 0 Å². The second-order valence-electron chi connectivity index (χ2n) is 10.9. The average Bonchev–Trinajstić information content (AvgIpc) is 2.94. The summed E-state index contributed by atoms with van der Waals surface area (Å²) in [6.45, 7) is 4.52. The number of nitrogens with zero attached hydrogens (tertiary/aromatic N) is 2. The van der Waals surface area contributed by atoms with Crippen LogP contribution in [0.15, 0.2) is 36.7 Å². The molecule has 4 heteroatoms. The van der Waals surface area contributed by atoms with E-state index in [0.717, 1.165) is 24.8 Å². The number of ether oxygens (including phenoxy) is 1. The number of carbonyl (C=O) groups is 1. The number of unbranched alkanes of at least 4 members (excludes halogenated alkanes) is 17. The number of aryl methyl sites for hydroxylation is 1. The molecule has 0 N–H and O–H groups in total. The van der Waals surface area contributed by atoms with E-state index in [4.69, 9.17) is 4.74 Å². The van der Waals surface area contributed by atoms with Crippen LogP contribution in [0.2, 0.25) is 0 Å². The Hall–Kier alpha value is -2.23. The van der Waals surface area contributed by atoms with Crippen LogP contribution in [0.4, 0.5) is 0 Å². The van der Waals surface area contributed by atoms with Gasteiger partial charge in [0.2, 0.25) is 0 Å². The fourth-order valence-electron chi connectivity index (χ4n) is 4.92. The Morgan fingerprint density at radius 2 is 1.05 bits per heavy atom. The molecule has 0 radical (unpaired) electrons. The summed E-state index contributed by atoms with van der Waals surface area (Å²) in [6, 6.07) is 8.56. The van der Waals surface area contributed by atoms with E-state index in [1.165, 1.54) is 115 Å². The van der Waals surface area contributed by atoms with Crippen molar-refractivity contribution in [2.45, 2.75) is 149 Å². The number of benzene rings is 1. The first-order chi connectivity index (χ1) is 18.7. The van der Waals surface area contributed by atoms with Gasteiger partial charge >= 0.3 is 5.97 Å². The van der Waals surface area contributed by atoms with E-state index in [-0.39, 0.29) is 5.97 Å². The fraction of sp³-hybridized carbons (Fsp3) is 0.676. The Labute approximate surface area is 233 Å². The molecule has 0 aliphatic rings. The van der Waals surface area contributed by atoms with Crippen LogP contribution < -0.4 is 4.74 Å². The van der Waals surface area contributed by atoms with Crippen molar-refractivity contribution in [2.24, 2.45) is 0 Å². The van der Waals surface area contributed by atoms with Crippen LogP contribution in [-0.2, 0) is 11.2 Å². The molecule has 0 aliphatic carbocycles. The Kier molecular flexibility index (Phi) is 18.2. The van der Waals surface area contributed by atoms with Crippen molar-refractivity contribution in [3.05, 3.63) is 42.2 Å². The fourth-order valence-corrected chi connectivity index (χ4v) is 4.92. The maximum Gasteiger partial charge on any atom is 0.311 e.